The number of hydrogen-bond donors (Lipinski definition) is 1. The summed E-state index contributed by atoms with van der Waals surface area (Å²) in [6.45, 7) is 10.1. The first kappa shape index (κ1) is 13.7. The molecule has 2 rings (SSSR count). The minimum atomic E-state index is 0.0949. The maximum Gasteiger partial charge on any atom is 0.123 e. The Bertz CT molecular complexity index is 537. The van der Waals surface area contributed by atoms with Gasteiger partial charge in [0.25, 0.3) is 0 Å². The van der Waals surface area contributed by atoms with Gasteiger partial charge in [0.15, 0.2) is 0 Å². The molecule has 0 aliphatic carbocycles. The average Bonchev–Trinajstić information content (AvgIpc) is 2.76. The zero-order chi connectivity index (χ0) is 13.9. The Morgan fingerprint density at radius 2 is 2.00 bits per heavy atom. The van der Waals surface area contributed by atoms with E-state index in [-0.39, 0.29) is 5.54 Å². The molecule has 0 unspecified atom stereocenters. The third kappa shape index (κ3) is 3.89. The first-order chi connectivity index (χ1) is 8.96. The van der Waals surface area contributed by atoms with E-state index in [1.165, 1.54) is 5.56 Å². The molecule has 102 valence electrons. The molecule has 4 heteroatoms. The van der Waals surface area contributed by atoms with Crippen molar-refractivity contribution in [2.24, 2.45) is 0 Å². The molecule has 0 bridgehead atoms. The molecular weight excluding hydrogens is 236 g/mol. The first-order valence-electron chi connectivity index (χ1n) is 6.61. The summed E-state index contributed by atoms with van der Waals surface area (Å²) in [5.74, 6) is 1.04. The zero-order valence-corrected chi connectivity index (χ0v) is 12.1. The van der Waals surface area contributed by atoms with E-state index in [4.69, 9.17) is 0 Å². The lowest BCUT2D eigenvalue weighted by atomic mass is 10.1. The normalized spacial score (nSPS) is 11.8. The lowest BCUT2D eigenvalue weighted by Crippen LogP contribution is -2.36. The van der Waals surface area contributed by atoms with Crippen molar-refractivity contribution in [2.45, 2.75) is 46.3 Å². The van der Waals surface area contributed by atoms with Crippen LogP contribution in [0, 0.1) is 6.92 Å². The van der Waals surface area contributed by atoms with Gasteiger partial charge in [0.2, 0.25) is 0 Å². The topological polar surface area (TPSA) is 42.7 Å². The number of aryl methyl sites for hydroxylation is 1. The summed E-state index contributed by atoms with van der Waals surface area (Å²) in [6.07, 6.45) is 5.69. The van der Waals surface area contributed by atoms with Crippen molar-refractivity contribution in [3.05, 3.63) is 47.8 Å². The van der Waals surface area contributed by atoms with E-state index in [9.17, 15) is 0 Å². The second-order valence-corrected chi connectivity index (χ2v) is 5.84. The van der Waals surface area contributed by atoms with Crippen molar-refractivity contribution >= 4 is 0 Å². The van der Waals surface area contributed by atoms with Crippen LogP contribution < -0.4 is 5.32 Å². The Labute approximate surface area is 114 Å². The molecule has 0 spiro atoms. The van der Waals surface area contributed by atoms with E-state index in [2.05, 4.69) is 53.6 Å². The Hall–Kier alpha value is -1.68. The van der Waals surface area contributed by atoms with E-state index in [1.807, 2.05) is 24.7 Å². The van der Waals surface area contributed by atoms with Crippen LogP contribution in [0.2, 0.25) is 0 Å². The summed E-state index contributed by atoms with van der Waals surface area (Å²) in [5.41, 5.74) is 2.40. The molecule has 0 amide bonds. The summed E-state index contributed by atoms with van der Waals surface area (Å²) in [4.78, 5) is 8.85. The van der Waals surface area contributed by atoms with Crippen LogP contribution in [-0.2, 0) is 13.1 Å². The summed E-state index contributed by atoms with van der Waals surface area (Å²) in [5, 5.41) is 3.46. The van der Waals surface area contributed by atoms with Crippen molar-refractivity contribution < 1.29 is 0 Å². The number of aromatic nitrogens is 3. The number of nitrogens with one attached hydrogen (secondary N) is 1. The summed E-state index contributed by atoms with van der Waals surface area (Å²) in [6, 6.07) is 4.06. The van der Waals surface area contributed by atoms with Crippen molar-refractivity contribution in [1.82, 2.24) is 19.9 Å². The van der Waals surface area contributed by atoms with Gasteiger partial charge >= 0.3 is 0 Å². The lowest BCUT2D eigenvalue weighted by Gasteiger charge is -2.20. The summed E-state index contributed by atoms with van der Waals surface area (Å²) >= 11 is 0. The second kappa shape index (κ2) is 5.53. The number of rotatable bonds is 4. The van der Waals surface area contributed by atoms with E-state index in [0.717, 1.165) is 24.6 Å². The Morgan fingerprint density at radius 3 is 2.68 bits per heavy atom. The van der Waals surface area contributed by atoms with Gasteiger partial charge in [-0.3, -0.25) is 4.98 Å². The number of pyridine rings is 1. The monoisotopic (exact) mass is 258 g/mol. The molecule has 0 fully saturated rings. The van der Waals surface area contributed by atoms with Gasteiger partial charge in [-0.1, -0.05) is 6.07 Å². The number of imidazole rings is 1. The van der Waals surface area contributed by atoms with Crippen LogP contribution in [0.15, 0.2) is 30.7 Å². The van der Waals surface area contributed by atoms with Gasteiger partial charge in [0.05, 0.1) is 18.8 Å². The zero-order valence-electron chi connectivity index (χ0n) is 12.1. The fourth-order valence-electron chi connectivity index (χ4n) is 1.84. The van der Waals surface area contributed by atoms with E-state index >= 15 is 0 Å². The molecule has 0 aromatic carbocycles. The second-order valence-electron chi connectivity index (χ2n) is 5.84. The van der Waals surface area contributed by atoms with E-state index < -0.39 is 0 Å². The van der Waals surface area contributed by atoms with E-state index in [1.54, 1.807) is 0 Å². The lowest BCUT2D eigenvalue weighted by molar-refractivity contribution is 0.413. The van der Waals surface area contributed by atoms with Gasteiger partial charge in [-0.05, 0) is 39.3 Å². The van der Waals surface area contributed by atoms with Crippen LogP contribution in [-0.4, -0.2) is 20.1 Å². The third-order valence-electron chi connectivity index (χ3n) is 3.02. The molecule has 0 saturated carbocycles. The highest BCUT2D eigenvalue weighted by Crippen LogP contribution is 2.09. The van der Waals surface area contributed by atoms with Gasteiger partial charge in [-0.25, -0.2) is 4.98 Å². The van der Waals surface area contributed by atoms with Gasteiger partial charge in [-0.2, -0.15) is 0 Å². The smallest absolute Gasteiger partial charge is 0.123 e. The molecule has 19 heavy (non-hydrogen) atoms. The Morgan fingerprint density at radius 1 is 1.21 bits per heavy atom. The van der Waals surface area contributed by atoms with Crippen molar-refractivity contribution in [1.29, 1.82) is 0 Å². The van der Waals surface area contributed by atoms with Crippen LogP contribution in [0.25, 0.3) is 0 Å². The molecule has 0 aliphatic rings. The van der Waals surface area contributed by atoms with Gasteiger partial charge in [-0.15, -0.1) is 0 Å². The SMILES string of the molecule is Cc1cccnc1Cn1ccnc1CNC(C)(C)C. The Kier molecular flexibility index (Phi) is 4.00. The van der Waals surface area contributed by atoms with Crippen molar-refractivity contribution in [3.63, 3.8) is 0 Å². The highest BCUT2D eigenvalue weighted by molar-refractivity contribution is 5.18. The largest absolute Gasteiger partial charge is 0.328 e. The molecule has 4 nitrogen and oxygen atoms in total. The Balaban J connectivity index is 2.10. The fraction of sp³-hybridized carbons (Fsp3) is 0.467. The molecule has 2 aromatic heterocycles. The van der Waals surface area contributed by atoms with Gasteiger partial charge in [0, 0.05) is 24.1 Å². The first-order valence-corrected chi connectivity index (χ1v) is 6.61. The number of nitrogens with zero attached hydrogens (tertiary/aromatic N) is 3. The predicted molar refractivity (Wildman–Crippen MR) is 76.9 cm³/mol. The van der Waals surface area contributed by atoms with Crippen LogP contribution in [0.1, 0.15) is 37.9 Å². The number of hydrogen-bond acceptors (Lipinski definition) is 3. The molecular formula is C15H22N4. The maximum absolute atomic E-state index is 4.43. The quantitative estimate of drug-likeness (QED) is 0.916. The fourth-order valence-corrected chi connectivity index (χ4v) is 1.84. The molecule has 0 radical (unpaired) electrons. The summed E-state index contributed by atoms with van der Waals surface area (Å²) in [7, 11) is 0. The summed E-state index contributed by atoms with van der Waals surface area (Å²) < 4.78 is 2.15. The van der Waals surface area contributed by atoms with Crippen LogP contribution >= 0.6 is 0 Å². The van der Waals surface area contributed by atoms with Gasteiger partial charge < -0.3 is 9.88 Å². The molecule has 0 atom stereocenters. The highest BCUT2D eigenvalue weighted by Gasteiger charge is 2.11. The van der Waals surface area contributed by atoms with Crippen molar-refractivity contribution in [2.75, 3.05) is 0 Å². The van der Waals surface area contributed by atoms with E-state index in [0.29, 0.717) is 0 Å². The minimum absolute atomic E-state index is 0.0949. The molecule has 0 aliphatic heterocycles. The predicted octanol–water partition coefficient (Wildman–Crippen LogP) is 2.52. The minimum Gasteiger partial charge on any atom is -0.328 e. The maximum atomic E-state index is 4.43. The molecule has 0 saturated heterocycles. The standard InChI is InChI=1S/C15H22N4/c1-12-6-5-7-16-13(12)11-19-9-8-17-14(19)10-18-15(2,3)4/h5-9,18H,10-11H2,1-4H3. The van der Waals surface area contributed by atoms with Gasteiger partial charge in [0.1, 0.15) is 5.82 Å². The highest BCUT2D eigenvalue weighted by atomic mass is 15.1. The average molecular weight is 258 g/mol. The molecule has 2 heterocycles. The molecule has 2 aromatic rings. The van der Waals surface area contributed by atoms with Crippen LogP contribution in [0.3, 0.4) is 0 Å². The van der Waals surface area contributed by atoms with Crippen LogP contribution in [0.5, 0.6) is 0 Å². The third-order valence-corrected chi connectivity index (χ3v) is 3.02. The van der Waals surface area contributed by atoms with Crippen LogP contribution in [0.4, 0.5) is 0 Å². The molecule has 1 N–H and O–H groups in total. The van der Waals surface area contributed by atoms with Crippen molar-refractivity contribution in [3.8, 4) is 0 Å².